The molecule has 0 aliphatic carbocycles. The van der Waals surface area contributed by atoms with E-state index >= 15 is 0 Å². The zero-order valence-corrected chi connectivity index (χ0v) is 12.3. The Morgan fingerprint density at radius 1 is 0.562 bits per heavy atom. The Kier molecular flexibility index (Phi) is 4.82. The number of rotatable bonds is 0. The Labute approximate surface area is 106 Å². The molecule has 0 atom stereocenters. The molecular weight excluding hydrogens is 326 g/mol. The van der Waals surface area contributed by atoms with Crippen molar-refractivity contribution in [2.24, 2.45) is 0 Å². The van der Waals surface area contributed by atoms with E-state index in [4.69, 9.17) is 0 Å². The molecule has 1 aliphatic heterocycles. The van der Waals surface area contributed by atoms with E-state index in [1.165, 1.54) is 0 Å². The van der Waals surface area contributed by atoms with Gasteiger partial charge >= 0.3 is 95.8 Å². The third-order valence-corrected chi connectivity index (χ3v) is 9.20. The van der Waals surface area contributed by atoms with Gasteiger partial charge in [-0.1, -0.05) is 0 Å². The van der Waals surface area contributed by atoms with Crippen molar-refractivity contribution in [3.05, 3.63) is 56.4 Å². The summed E-state index contributed by atoms with van der Waals surface area (Å²) < 4.78 is 6.51. The van der Waals surface area contributed by atoms with Crippen molar-refractivity contribution in [3.8, 4) is 0 Å². The summed E-state index contributed by atoms with van der Waals surface area (Å²) in [6.45, 7) is 0. The minimum atomic E-state index is 0. The summed E-state index contributed by atoms with van der Waals surface area (Å²) >= 11 is 0.501. The number of hydrogen-bond donors (Lipinski definition) is 0. The van der Waals surface area contributed by atoms with Gasteiger partial charge in [-0.15, -0.1) is 0 Å². The molecule has 0 amide bonds. The average Bonchev–Trinajstić information content (AvgIpc) is 2.26. The second-order valence-electron chi connectivity index (χ2n) is 3.20. The zero-order chi connectivity index (χ0) is 9.38. The molecule has 82 valence electrons. The van der Waals surface area contributed by atoms with E-state index in [0.29, 0.717) is 0 Å². The SMILES string of the molecule is O.O.c1ccc2c(c1)[As]=c1ccccc1=[As]2. The summed E-state index contributed by atoms with van der Waals surface area (Å²) in [7, 11) is 0. The fourth-order valence-corrected chi connectivity index (χ4v) is 7.77. The molecule has 1 aliphatic rings. The van der Waals surface area contributed by atoms with Crippen molar-refractivity contribution in [2.45, 2.75) is 0 Å². The van der Waals surface area contributed by atoms with Gasteiger partial charge in [0.15, 0.2) is 0 Å². The quantitative estimate of drug-likeness (QED) is 0.468. The van der Waals surface area contributed by atoms with Gasteiger partial charge in [0, 0.05) is 0 Å². The fourth-order valence-electron chi connectivity index (χ4n) is 1.57. The maximum absolute atomic E-state index is 2.31. The Bertz CT molecular complexity index is 554. The number of benzene rings is 2. The van der Waals surface area contributed by atoms with Crippen LogP contribution in [0.5, 0.6) is 0 Å². The molecule has 0 spiro atoms. The molecule has 0 saturated carbocycles. The Balaban J connectivity index is 0.000000640. The molecular formula is C12H12As2O2. The van der Waals surface area contributed by atoms with E-state index in [0.717, 1.165) is 0 Å². The van der Waals surface area contributed by atoms with Gasteiger partial charge in [0.05, 0.1) is 0 Å². The van der Waals surface area contributed by atoms with Crippen LogP contribution in [0.15, 0.2) is 48.5 Å². The van der Waals surface area contributed by atoms with Gasteiger partial charge in [-0.05, 0) is 0 Å². The molecule has 0 bridgehead atoms. The van der Waals surface area contributed by atoms with Crippen LogP contribution in [-0.2, 0) is 0 Å². The molecule has 0 radical (unpaired) electrons. The van der Waals surface area contributed by atoms with Crippen LogP contribution in [0.4, 0.5) is 0 Å². The Morgan fingerprint density at radius 2 is 0.938 bits per heavy atom. The van der Waals surface area contributed by atoms with Crippen molar-refractivity contribution < 1.29 is 11.0 Å². The first-order chi connectivity index (χ1) is 6.93. The Hall–Kier alpha value is -0.523. The summed E-state index contributed by atoms with van der Waals surface area (Å²) in [6.07, 6.45) is 0. The van der Waals surface area contributed by atoms with Crippen LogP contribution in [-0.4, -0.2) is 41.6 Å². The van der Waals surface area contributed by atoms with Crippen LogP contribution in [0.2, 0.25) is 0 Å². The summed E-state index contributed by atoms with van der Waals surface area (Å²) in [5.41, 5.74) is 0. The zero-order valence-electron chi connectivity index (χ0n) is 8.51. The van der Waals surface area contributed by atoms with Gasteiger partial charge in [0.2, 0.25) is 0 Å². The van der Waals surface area contributed by atoms with E-state index in [1.807, 2.05) is 0 Å². The molecule has 0 aromatic heterocycles. The molecule has 0 fully saturated rings. The third kappa shape index (κ3) is 2.41. The van der Waals surface area contributed by atoms with E-state index in [2.05, 4.69) is 48.5 Å². The summed E-state index contributed by atoms with van der Waals surface area (Å²) in [5, 5.41) is 0. The van der Waals surface area contributed by atoms with Gasteiger partial charge in [-0.2, -0.15) is 0 Å². The van der Waals surface area contributed by atoms with Crippen LogP contribution in [0.3, 0.4) is 0 Å². The molecule has 0 saturated heterocycles. The van der Waals surface area contributed by atoms with Gasteiger partial charge < -0.3 is 11.0 Å². The normalized spacial score (nSPS) is 12.5. The van der Waals surface area contributed by atoms with Crippen LogP contribution < -0.4 is 8.70 Å². The summed E-state index contributed by atoms with van der Waals surface area (Å²) in [4.78, 5) is 0. The number of fused-ring (bicyclic) bond motifs is 2. The average molecular weight is 338 g/mol. The second-order valence-corrected chi connectivity index (χ2v) is 8.18. The predicted octanol–water partition coefficient (Wildman–Crippen LogP) is -1.09. The molecule has 4 heteroatoms. The third-order valence-electron chi connectivity index (χ3n) is 2.25. The van der Waals surface area contributed by atoms with Gasteiger partial charge in [0.1, 0.15) is 0 Å². The van der Waals surface area contributed by atoms with Gasteiger partial charge in [-0.25, -0.2) is 0 Å². The molecule has 4 N–H and O–H groups in total. The number of hydrogen-bond acceptors (Lipinski definition) is 0. The van der Waals surface area contributed by atoms with E-state index in [-0.39, 0.29) is 41.6 Å². The van der Waals surface area contributed by atoms with E-state index < -0.39 is 0 Å². The molecule has 2 aromatic rings. The summed E-state index contributed by atoms with van der Waals surface area (Å²) in [6, 6.07) is 17.9. The van der Waals surface area contributed by atoms with Crippen molar-refractivity contribution in [3.63, 3.8) is 0 Å². The Morgan fingerprint density at radius 3 is 1.38 bits per heavy atom. The molecule has 1 heterocycles. The van der Waals surface area contributed by atoms with Crippen LogP contribution in [0, 0.1) is 7.90 Å². The first-order valence-electron chi connectivity index (χ1n) is 4.55. The van der Waals surface area contributed by atoms with Gasteiger partial charge in [0.25, 0.3) is 0 Å². The molecule has 0 unspecified atom stereocenters. The van der Waals surface area contributed by atoms with Crippen LogP contribution in [0.25, 0.3) is 0 Å². The fraction of sp³-hybridized carbons (Fsp3) is 0. The second kappa shape index (κ2) is 5.70. The maximum atomic E-state index is 2.31. The first-order valence-corrected chi connectivity index (χ1v) is 8.30. The molecule has 3 rings (SSSR count). The molecule has 16 heavy (non-hydrogen) atoms. The standard InChI is InChI=1S/C12H8As2.2H2O/c1-2-6-10-9(5-1)13-11-7-3-4-8-12(11)14-10;;/h1-8H;2*1H2. The van der Waals surface area contributed by atoms with Crippen molar-refractivity contribution in [1.82, 2.24) is 0 Å². The molecule has 2 nitrogen and oxygen atoms in total. The minimum absolute atomic E-state index is 0. The monoisotopic (exact) mass is 338 g/mol. The first kappa shape index (κ1) is 13.5. The van der Waals surface area contributed by atoms with E-state index in [9.17, 15) is 0 Å². The van der Waals surface area contributed by atoms with Gasteiger partial charge in [-0.3, -0.25) is 0 Å². The van der Waals surface area contributed by atoms with E-state index in [1.54, 1.807) is 16.6 Å². The van der Waals surface area contributed by atoms with Crippen molar-refractivity contribution in [1.29, 1.82) is 0 Å². The van der Waals surface area contributed by atoms with Crippen LogP contribution in [0.1, 0.15) is 0 Å². The van der Waals surface area contributed by atoms with Crippen molar-refractivity contribution in [2.75, 3.05) is 0 Å². The van der Waals surface area contributed by atoms with Crippen molar-refractivity contribution >= 4 is 39.3 Å². The topological polar surface area (TPSA) is 63.0 Å². The van der Waals surface area contributed by atoms with Crippen LogP contribution >= 0.6 is 0 Å². The molecule has 2 aromatic carbocycles. The summed E-state index contributed by atoms with van der Waals surface area (Å²) in [5.74, 6) is 0. The predicted molar refractivity (Wildman–Crippen MR) is 68.6 cm³/mol.